The first-order valence-corrected chi connectivity index (χ1v) is 11.3. The molecule has 0 saturated carbocycles. The van der Waals surface area contributed by atoms with E-state index in [9.17, 15) is 0 Å². The third-order valence-electron chi connectivity index (χ3n) is 5.64. The summed E-state index contributed by atoms with van der Waals surface area (Å²) in [4.78, 5) is 11.0. The van der Waals surface area contributed by atoms with Crippen molar-refractivity contribution in [3.8, 4) is 17.1 Å². The molecule has 7 heteroatoms. The maximum Gasteiger partial charge on any atom is 0.170 e. The van der Waals surface area contributed by atoms with E-state index in [1.54, 1.807) is 12.4 Å². The molecule has 1 N–H and O–H groups in total. The van der Waals surface area contributed by atoms with Gasteiger partial charge in [0, 0.05) is 30.7 Å². The van der Waals surface area contributed by atoms with Gasteiger partial charge in [-0.25, -0.2) is 0 Å². The highest BCUT2D eigenvalue weighted by Crippen LogP contribution is 2.41. The first-order valence-electron chi connectivity index (χ1n) is 10.9. The minimum absolute atomic E-state index is 0.130. The van der Waals surface area contributed by atoms with Gasteiger partial charge in [0.25, 0.3) is 0 Å². The standard InChI is InChI=1S/C26H24N4O2S/c1-2-31-20-10-8-19(9-11-20)22-12-13-23(32-22)25-24(21-7-3-4-15-28-21)29-26(33)30(25)17-18-6-5-14-27-16-18/h3-16,24-25H,2,17H2,1H3,(H,29,33)/t24-,25-/m1/s1. The zero-order valence-electron chi connectivity index (χ0n) is 18.2. The molecule has 166 valence electrons. The van der Waals surface area contributed by atoms with Gasteiger partial charge in [-0.15, -0.1) is 0 Å². The first kappa shape index (κ1) is 21.2. The summed E-state index contributed by atoms with van der Waals surface area (Å²) >= 11 is 5.74. The highest BCUT2D eigenvalue weighted by molar-refractivity contribution is 7.80. The van der Waals surface area contributed by atoms with Crippen LogP contribution in [0, 0.1) is 0 Å². The number of hydrogen-bond acceptors (Lipinski definition) is 5. The van der Waals surface area contributed by atoms with Crippen LogP contribution < -0.4 is 10.1 Å². The average Bonchev–Trinajstić information content (AvgIpc) is 3.46. The summed E-state index contributed by atoms with van der Waals surface area (Å²) in [5, 5.41) is 4.12. The van der Waals surface area contributed by atoms with Gasteiger partial charge in [0.1, 0.15) is 23.3 Å². The molecule has 1 aliphatic rings. The zero-order chi connectivity index (χ0) is 22.6. The number of pyridine rings is 2. The lowest BCUT2D eigenvalue weighted by Crippen LogP contribution is -2.29. The molecule has 0 radical (unpaired) electrons. The minimum atomic E-state index is -0.149. The van der Waals surface area contributed by atoms with Crippen LogP contribution in [0.2, 0.25) is 0 Å². The van der Waals surface area contributed by atoms with Crippen LogP contribution in [0.4, 0.5) is 0 Å². The van der Waals surface area contributed by atoms with Crippen LogP contribution in [-0.4, -0.2) is 26.6 Å². The van der Waals surface area contributed by atoms with E-state index in [0.29, 0.717) is 18.3 Å². The Hall–Kier alpha value is -3.71. The van der Waals surface area contributed by atoms with Crippen LogP contribution in [0.15, 0.2) is 89.7 Å². The number of nitrogens with one attached hydrogen (secondary N) is 1. The Kier molecular flexibility index (Phi) is 6.04. The lowest BCUT2D eigenvalue weighted by Gasteiger charge is -2.26. The summed E-state index contributed by atoms with van der Waals surface area (Å²) in [5.41, 5.74) is 2.98. The zero-order valence-corrected chi connectivity index (χ0v) is 19.0. The van der Waals surface area contributed by atoms with Crippen molar-refractivity contribution in [3.63, 3.8) is 0 Å². The fourth-order valence-electron chi connectivity index (χ4n) is 4.12. The van der Waals surface area contributed by atoms with Gasteiger partial charge in [0.05, 0.1) is 18.3 Å². The molecule has 1 aromatic carbocycles. The van der Waals surface area contributed by atoms with Crippen LogP contribution in [0.1, 0.15) is 36.0 Å². The summed E-state index contributed by atoms with van der Waals surface area (Å²) in [6.45, 7) is 3.23. The molecule has 4 heterocycles. The third kappa shape index (κ3) is 4.45. The molecule has 3 aromatic heterocycles. The molecule has 4 aromatic rings. The molecular weight excluding hydrogens is 432 g/mol. The predicted molar refractivity (Wildman–Crippen MR) is 131 cm³/mol. The van der Waals surface area contributed by atoms with E-state index in [1.807, 2.05) is 79.9 Å². The summed E-state index contributed by atoms with van der Waals surface area (Å²) in [7, 11) is 0. The van der Waals surface area contributed by atoms with Crippen molar-refractivity contribution in [2.75, 3.05) is 6.61 Å². The second-order valence-corrected chi connectivity index (χ2v) is 8.16. The molecule has 0 unspecified atom stereocenters. The molecule has 0 bridgehead atoms. The molecule has 2 atom stereocenters. The Morgan fingerprint density at radius 3 is 2.64 bits per heavy atom. The minimum Gasteiger partial charge on any atom is -0.494 e. The van der Waals surface area contributed by atoms with Gasteiger partial charge >= 0.3 is 0 Å². The Bertz CT molecular complexity index is 1210. The number of benzene rings is 1. The molecule has 0 aliphatic carbocycles. The molecule has 1 saturated heterocycles. The number of nitrogens with zero attached hydrogens (tertiary/aromatic N) is 3. The van der Waals surface area contributed by atoms with Gasteiger partial charge in [-0.3, -0.25) is 9.97 Å². The molecule has 0 spiro atoms. The van der Waals surface area contributed by atoms with Gasteiger partial charge in [-0.05, 0) is 79.3 Å². The summed E-state index contributed by atoms with van der Waals surface area (Å²) < 4.78 is 12.0. The molecule has 5 rings (SSSR count). The van der Waals surface area contributed by atoms with E-state index < -0.39 is 0 Å². The second kappa shape index (κ2) is 9.42. The third-order valence-corrected chi connectivity index (χ3v) is 5.99. The monoisotopic (exact) mass is 456 g/mol. The van der Waals surface area contributed by atoms with E-state index in [-0.39, 0.29) is 12.1 Å². The van der Waals surface area contributed by atoms with Gasteiger partial charge in [0.2, 0.25) is 0 Å². The number of aromatic nitrogens is 2. The average molecular weight is 457 g/mol. The molecule has 33 heavy (non-hydrogen) atoms. The SMILES string of the molecule is CCOc1ccc(-c2ccc([C@@H]3[C@@H](c4ccccn4)NC(=S)N3Cc3cccnc3)o2)cc1. The number of rotatable bonds is 7. The fourth-order valence-corrected chi connectivity index (χ4v) is 4.43. The Morgan fingerprint density at radius 2 is 1.91 bits per heavy atom. The number of furan rings is 1. The van der Waals surface area contributed by atoms with Crippen molar-refractivity contribution < 1.29 is 9.15 Å². The van der Waals surface area contributed by atoms with Gasteiger partial charge < -0.3 is 19.4 Å². The number of hydrogen-bond donors (Lipinski definition) is 1. The second-order valence-electron chi connectivity index (χ2n) is 7.78. The normalized spacial score (nSPS) is 17.7. The Balaban J connectivity index is 1.49. The lowest BCUT2D eigenvalue weighted by atomic mass is 10.0. The van der Waals surface area contributed by atoms with E-state index in [1.165, 1.54) is 0 Å². The first-order chi connectivity index (χ1) is 16.2. The van der Waals surface area contributed by atoms with Crippen molar-refractivity contribution in [3.05, 3.63) is 102 Å². The van der Waals surface area contributed by atoms with Crippen LogP contribution in [0.25, 0.3) is 11.3 Å². The highest BCUT2D eigenvalue weighted by Gasteiger charge is 2.41. The summed E-state index contributed by atoms with van der Waals surface area (Å²) in [5.74, 6) is 2.47. The van der Waals surface area contributed by atoms with Crippen molar-refractivity contribution in [1.82, 2.24) is 20.2 Å². The van der Waals surface area contributed by atoms with Gasteiger partial charge in [-0.2, -0.15) is 0 Å². The molecular formula is C26H24N4O2S. The van der Waals surface area contributed by atoms with E-state index in [4.69, 9.17) is 21.4 Å². The largest absolute Gasteiger partial charge is 0.494 e. The van der Waals surface area contributed by atoms with Gasteiger partial charge in [-0.1, -0.05) is 12.1 Å². The van der Waals surface area contributed by atoms with Crippen molar-refractivity contribution in [2.24, 2.45) is 0 Å². The fraction of sp³-hybridized carbons (Fsp3) is 0.192. The molecule has 1 fully saturated rings. The maximum absolute atomic E-state index is 6.40. The van der Waals surface area contributed by atoms with Crippen molar-refractivity contribution in [2.45, 2.75) is 25.6 Å². The predicted octanol–water partition coefficient (Wildman–Crippen LogP) is 5.31. The van der Waals surface area contributed by atoms with Crippen LogP contribution in [-0.2, 0) is 6.54 Å². The van der Waals surface area contributed by atoms with E-state index in [2.05, 4.69) is 20.2 Å². The summed E-state index contributed by atoms with van der Waals surface area (Å²) in [6.07, 6.45) is 5.43. The number of ether oxygens (including phenoxy) is 1. The lowest BCUT2D eigenvalue weighted by molar-refractivity contribution is 0.269. The van der Waals surface area contributed by atoms with E-state index >= 15 is 0 Å². The Morgan fingerprint density at radius 1 is 1.03 bits per heavy atom. The highest BCUT2D eigenvalue weighted by atomic mass is 32.1. The molecule has 0 amide bonds. The topological polar surface area (TPSA) is 63.4 Å². The smallest absolute Gasteiger partial charge is 0.170 e. The summed E-state index contributed by atoms with van der Waals surface area (Å²) in [6, 6.07) is 21.6. The van der Waals surface area contributed by atoms with Gasteiger partial charge in [0.15, 0.2) is 5.11 Å². The van der Waals surface area contributed by atoms with Crippen molar-refractivity contribution >= 4 is 17.3 Å². The van der Waals surface area contributed by atoms with Crippen LogP contribution >= 0.6 is 12.2 Å². The van der Waals surface area contributed by atoms with Crippen LogP contribution in [0.3, 0.4) is 0 Å². The maximum atomic E-state index is 6.40. The number of thiocarbonyl (C=S) groups is 1. The Labute approximate surface area is 198 Å². The quantitative estimate of drug-likeness (QED) is 0.378. The molecule has 6 nitrogen and oxygen atoms in total. The van der Waals surface area contributed by atoms with Crippen molar-refractivity contribution in [1.29, 1.82) is 0 Å². The van der Waals surface area contributed by atoms with E-state index in [0.717, 1.165) is 34.1 Å². The van der Waals surface area contributed by atoms with Crippen LogP contribution in [0.5, 0.6) is 5.75 Å². The molecule has 1 aliphatic heterocycles.